The Morgan fingerprint density at radius 1 is 1.23 bits per heavy atom. The second-order valence-electron chi connectivity index (χ2n) is 6.86. The van der Waals surface area contributed by atoms with Crippen LogP contribution in [0.3, 0.4) is 0 Å². The quantitative estimate of drug-likeness (QED) is 0.775. The summed E-state index contributed by atoms with van der Waals surface area (Å²) in [6.45, 7) is 3.07. The average Bonchev–Trinajstić information content (AvgIpc) is 3.48. The molecule has 0 aliphatic heterocycles. The number of halogens is 1. The highest BCUT2D eigenvalue weighted by Gasteiger charge is 2.32. The first-order chi connectivity index (χ1) is 12.6. The van der Waals surface area contributed by atoms with Crippen LogP contribution in [-0.2, 0) is 11.3 Å². The standard InChI is InChI=1S/C21H25FN2O2/c1-15(17-9-10-17)24(13-16-7-11-18(26-2)12-8-16)14-21(25)23-20-6-4-3-5-19(20)22/h3-8,11-12,15,17H,9-10,13-14H2,1-2H3,(H,23,25). The van der Waals surface area contributed by atoms with E-state index in [1.807, 2.05) is 24.3 Å². The largest absolute Gasteiger partial charge is 0.497 e. The first-order valence-electron chi connectivity index (χ1n) is 8.98. The molecule has 0 radical (unpaired) electrons. The number of para-hydroxylation sites is 1. The minimum Gasteiger partial charge on any atom is -0.497 e. The van der Waals surface area contributed by atoms with Crippen LogP contribution in [0.15, 0.2) is 48.5 Å². The second-order valence-corrected chi connectivity index (χ2v) is 6.86. The lowest BCUT2D eigenvalue weighted by Crippen LogP contribution is -2.40. The summed E-state index contributed by atoms with van der Waals surface area (Å²) in [5.41, 5.74) is 1.35. The van der Waals surface area contributed by atoms with Gasteiger partial charge in [-0.15, -0.1) is 0 Å². The van der Waals surface area contributed by atoms with Gasteiger partial charge >= 0.3 is 0 Å². The van der Waals surface area contributed by atoms with E-state index in [-0.39, 0.29) is 18.1 Å². The fraction of sp³-hybridized carbons (Fsp3) is 0.381. The van der Waals surface area contributed by atoms with Crippen molar-refractivity contribution in [3.05, 3.63) is 59.9 Å². The van der Waals surface area contributed by atoms with E-state index in [1.165, 1.54) is 18.9 Å². The van der Waals surface area contributed by atoms with Crippen LogP contribution in [0.4, 0.5) is 10.1 Å². The zero-order valence-electron chi connectivity index (χ0n) is 15.2. The highest BCUT2D eigenvalue weighted by Crippen LogP contribution is 2.35. The summed E-state index contributed by atoms with van der Waals surface area (Å²) >= 11 is 0. The third-order valence-electron chi connectivity index (χ3n) is 4.92. The topological polar surface area (TPSA) is 41.6 Å². The smallest absolute Gasteiger partial charge is 0.238 e. The molecule has 4 nitrogen and oxygen atoms in total. The molecule has 0 heterocycles. The maximum absolute atomic E-state index is 13.8. The summed E-state index contributed by atoms with van der Waals surface area (Å²) in [5, 5.41) is 2.68. The van der Waals surface area contributed by atoms with E-state index in [9.17, 15) is 9.18 Å². The number of nitrogens with zero attached hydrogens (tertiary/aromatic N) is 1. The maximum Gasteiger partial charge on any atom is 0.238 e. The molecule has 0 saturated heterocycles. The van der Waals surface area contributed by atoms with Gasteiger partial charge in [0.2, 0.25) is 5.91 Å². The fourth-order valence-corrected chi connectivity index (χ4v) is 3.12. The maximum atomic E-state index is 13.8. The van der Waals surface area contributed by atoms with Gasteiger partial charge in [0.15, 0.2) is 0 Å². The molecule has 2 aromatic carbocycles. The van der Waals surface area contributed by atoms with Crippen LogP contribution in [0.5, 0.6) is 5.75 Å². The van der Waals surface area contributed by atoms with E-state index in [2.05, 4.69) is 17.1 Å². The van der Waals surface area contributed by atoms with E-state index in [0.29, 0.717) is 18.5 Å². The molecule has 0 aromatic heterocycles. The minimum atomic E-state index is -0.419. The van der Waals surface area contributed by atoms with Gasteiger partial charge in [-0.1, -0.05) is 24.3 Å². The zero-order chi connectivity index (χ0) is 18.5. The summed E-state index contributed by atoms with van der Waals surface area (Å²) in [6.07, 6.45) is 2.41. The summed E-state index contributed by atoms with van der Waals surface area (Å²) in [7, 11) is 1.64. The van der Waals surface area contributed by atoms with Crippen molar-refractivity contribution in [1.82, 2.24) is 4.90 Å². The van der Waals surface area contributed by atoms with Crippen LogP contribution in [0, 0.1) is 11.7 Å². The van der Waals surface area contributed by atoms with Gasteiger partial charge in [-0.2, -0.15) is 0 Å². The van der Waals surface area contributed by atoms with Crippen molar-refractivity contribution >= 4 is 11.6 Å². The van der Waals surface area contributed by atoms with Crippen molar-refractivity contribution < 1.29 is 13.9 Å². The molecule has 1 amide bonds. The molecule has 1 atom stereocenters. The molecule has 1 fully saturated rings. The molecule has 1 aliphatic rings. The van der Waals surface area contributed by atoms with Crippen molar-refractivity contribution in [3.63, 3.8) is 0 Å². The molecule has 1 unspecified atom stereocenters. The van der Waals surface area contributed by atoms with Crippen molar-refractivity contribution in [1.29, 1.82) is 0 Å². The molecular weight excluding hydrogens is 331 g/mol. The lowest BCUT2D eigenvalue weighted by molar-refractivity contribution is -0.118. The lowest BCUT2D eigenvalue weighted by Gasteiger charge is -2.29. The van der Waals surface area contributed by atoms with Gasteiger partial charge in [0.05, 0.1) is 19.3 Å². The van der Waals surface area contributed by atoms with Gasteiger partial charge in [-0.3, -0.25) is 9.69 Å². The number of hydrogen-bond donors (Lipinski definition) is 1. The predicted molar refractivity (Wildman–Crippen MR) is 101 cm³/mol. The second kappa shape index (κ2) is 8.32. The van der Waals surface area contributed by atoms with E-state index in [0.717, 1.165) is 11.3 Å². The number of carbonyl (C=O) groups is 1. The molecule has 26 heavy (non-hydrogen) atoms. The average molecular weight is 356 g/mol. The minimum absolute atomic E-state index is 0.198. The first-order valence-corrected chi connectivity index (χ1v) is 8.98. The normalized spacial score (nSPS) is 14.9. The van der Waals surface area contributed by atoms with Crippen LogP contribution in [0.2, 0.25) is 0 Å². The fourth-order valence-electron chi connectivity index (χ4n) is 3.12. The van der Waals surface area contributed by atoms with E-state index >= 15 is 0 Å². The van der Waals surface area contributed by atoms with Gasteiger partial charge in [0.25, 0.3) is 0 Å². The van der Waals surface area contributed by atoms with Crippen LogP contribution in [-0.4, -0.2) is 30.5 Å². The summed E-state index contributed by atoms with van der Waals surface area (Å²) in [6, 6.07) is 14.4. The molecule has 1 aliphatic carbocycles. The Kier molecular flexibility index (Phi) is 5.89. The van der Waals surface area contributed by atoms with E-state index in [1.54, 1.807) is 25.3 Å². The Morgan fingerprint density at radius 3 is 2.54 bits per heavy atom. The Labute approximate surface area is 154 Å². The van der Waals surface area contributed by atoms with Crippen LogP contribution >= 0.6 is 0 Å². The van der Waals surface area contributed by atoms with Crippen molar-refractivity contribution in [3.8, 4) is 5.75 Å². The monoisotopic (exact) mass is 356 g/mol. The molecule has 0 bridgehead atoms. The van der Waals surface area contributed by atoms with Gasteiger partial charge in [-0.05, 0) is 55.5 Å². The number of nitrogens with one attached hydrogen (secondary N) is 1. The van der Waals surface area contributed by atoms with Gasteiger partial charge in [-0.25, -0.2) is 4.39 Å². The predicted octanol–water partition coefficient (Wildman–Crippen LogP) is 4.07. The van der Waals surface area contributed by atoms with Crippen LogP contribution in [0.25, 0.3) is 0 Å². The SMILES string of the molecule is COc1ccc(CN(CC(=O)Nc2ccccc2F)C(C)C2CC2)cc1. The first kappa shape index (κ1) is 18.4. The highest BCUT2D eigenvalue weighted by molar-refractivity contribution is 5.92. The van der Waals surface area contributed by atoms with Gasteiger partial charge < -0.3 is 10.1 Å². The third-order valence-corrected chi connectivity index (χ3v) is 4.92. The number of hydrogen-bond acceptors (Lipinski definition) is 3. The summed E-state index contributed by atoms with van der Waals surface area (Å²) in [5.74, 6) is 0.830. The summed E-state index contributed by atoms with van der Waals surface area (Å²) < 4.78 is 19.0. The third kappa shape index (κ3) is 4.82. The molecule has 5 heteroatoms. The van der Waals surface area contributed by atoms with Crippen molar-refractivity contribution in [2.75, 3.05) is 19.0 Å². The number of amides is 1. The number of ether oxygens (including phenoxy) is 1. The number of benzene rings is 2. The van der Waals surface area contributed by atoms with E-state index < -0.39 is 5.82 Å². The Balaban J connectivity index is 1.67. The number of anilines is 1. The summed E-state index contributed by atoms with van der Waals surface area (Å²) in [4.78, 5) is 14.6. The molecule has 2 aromatic rings. The molecule has 1 N–H and O–H groups in total. The van der Waals surface area contributed by atoms with Gasteiger partial charge in [0.1, 0.15) is 11.6 Å². The van der Waals surface area contributed by atoms with Crippen LogP contribution < -0.4 is 10.1 Å². The lowest BCUT2D eigenvalue weighted by atomic mass is 10.1. The molecule has 138 valence electrons. The Hall–Kier alpha value is -2.40. The van der Waals surface area contributed by atoms with Gasteiger partial charge in [0, 0.05) is 12.6 Å². The molecule has 3 rings (SSSR count). The van der Waals surface area contributed by atoms with Crippen LogP contribution in [0.1, 0.15) is 25.3 Å². The zero-order valence-corrected chi connectivity index (χ0v) is 15.2. The van der Waals surface area contributed by atoms with Crippen molar-refractivity contribution in [2.24, 2.45) is 5.92 Å². The number of carbonyl (C=O) groups excluding carboxylic acids is 1. The van der Waals surface area contributed by atoms with E-state index in [4.69, 9.17) is 4.74 Å². The Bertz CT molecular complexity index is 744. The highest BCUT2D eigenvalue weighted by atomic mass is 19.1. The molecule has 0 spiro atoms. The number of methoxy groups -OCH3 is 1. The number of rotatable bonds is 8. The molecular formula is C21H25FN2O2. The van der Waals surface area contributed by atoms with Crippen molar-refractivity contribution in [2.45, 2.75) is 32.4 Å². The Morgan fingerprint density at radius 2 is 1.92 bits per heavy atom. The molecule has 1 saturated carbocycles.